The Hall–Kier alpha value is -4.21. The van der Waals surface area contributed by atoms with E-state index in [0.29, 0.717) is 12.0 Å². The molecule has 210 valence electrons. The number of nitrogen functional groups attached to an aromatic ring is 1. The van der Waals surface area contributed by atoms with Crippen LogP contribution in [0.4, 0.5) is 0 Å². The van der Waals surface area contributed by atoms with Crippen LogP contribution < -0.4 is 16.4 Å². The van der Waals surface area contributed by atoms with Crippen molar-refractivity contribution in [3.63, 3.8) is 0 Å². The number of aryl methyl sites for hydroxylation is 1. The third-order valence-electron chi connectivity index (χ3n) is 5.88. The number of carbonyl (C=O) groups is 4. The van der Waals surface area contributed by atoms with Crippen LogP contribution >= 0.6 is 0 Å². The lowest BCUT2D eigenvalue weighted by molar-refractivity contribution is -0.148. The van der Waals surface area contributed by atoms with Gasteiger partial charge in [0.2, 0.25) is 11.8 Å². The van der Waals surface area contributed by atoms with E-state index in [9.17, 15) is 19.2 Å². The van der Waals surface area contributed by atoms with Gasteiger partial charge in [-0.1, -0.05) is 54.6 Å². The van der Waals surface area contributed by atoms with Gasteiger partial charge in [0, 0.05) is 18.4 Å². The Bertz CT molecular complexity index is 1100. The number of benzene rings is 2. The molecule has 2 aromatic rings. The molecular weight excluding hydrogens is 500 g/mol. The summed E-state index contributed by atoms with van der Waals surface area (Å²) in [7, 11) is 0. The Kier molecular flexibility index (Phi) is 13.2. The molecule has 39 heavy (non-hydrogen) atoms. The molecule has 0 saturated heterocycles. The number of ether oxygens (including phenoxy) is 2. The fraction of sp³-hybridized carbons (Fsp3) is 0.414. The third kappa shape index (κ3) is 11.4. The van der Waals surface area contributed by atoms with Crippen LogP contribution in [0.5, 0.6) is 0 Å². The molecule has 0 spiro atoms. The monoisotopic (exact) mass is 538 g/mol. The summed E-state index contributed by atoms with van der Waals surface area (Å²) in [6, 6.07) is 14.3. The topological polar surface area (TPSA) is 161 Å². The number of esters is 2. The minimum absolute atomic E-state index is 0.00766. The van der Waals surface area contributed by atoms with Crippen LogP contribution in [0.2, 0.25) is 0 Å². The quantitative estimate of drug-likeness (QED) is 0.110. The van der Waals surface area contributed by atoms with Gasteiger partial charge in [-0.25, -0.2) is 4.79 Å². The Balaban J connectivity index is 1.98. The zero-order valence-electron chi connectivity index (χ0n) is 22.5. The predicted octanol–water partition coefficient (Wildman–Crippen LogP) is 2.41. The Morgan fingerprint density at radius 1 is 0.846 bits per heavy atom. The molecule has 0 saturated carbocycles. The SMILES string of the molecule is CCOC(=O)C[C@H](NC(=O)CCCCc1ccc(C(=N)N)cc1)C(=O)N[C@@H](Cc1ccccc1)C(=O)OCC. The van der Waals surface area contributed by atoms with Gasteiger partial charge in [-0.2, -0.15) is 0 Å². The average molecular weight is 539 g/mol. The molecular formula is C29H38N4O6. The summed E-state index contributed by atoms with van der Waals surface area (Å²) in [5.74, 6) is -2.29. The first-order valence-corrected chi connectivity index (χ1v) is 13.1. The van der Waals surface area contributed by atoms with Gasteiger partial charge >= 0.3 is 11.9 Å². The number of hydrogen-bond donors (Lipinski definition) is 4. The lowest BCUT2D eigenvalue weighted by atomic mass is 10.0. The number of hydrogen-bond acceptors (Lipinski definition) is 7. The number of nitrogens with two attached hydrogens (primary N) is 1. The van der Waals surface area contributed by atoms with Gasteiger partial charge in [-0.3, -0.25) is 19.8 Å². The molecule has 0 bridgehead atoms. The molecule has 2 amide bonds. The molecule has 0 aliphatic rings. The van der Waals surface area contributed by atoms with Crippen molar-refractivity contribution in [2.24, 2.45) is 5.73 Å². The van der Waals surface area contributed by atoms with E-state index in [1.165, 1.54) is 0 Å². The van der Waals surface area contributed by atoms with Crippen molar-refractivity contribution in [3.05, 3.63) is 71.3 Å². The van der Waals surface area contributed by atoms with Crippen LogP contribution in [-0.4, -0.2) is 54.9 Å². The van der Waals surface area contributed by atoms with Gasteiger partial charge in [0.15, 0.2) is 0 Å². The molecule has 5 N–H and O–H groups in total. The van der Waals surface area contributed by atoms with Crippen molar-refractivity contribution in [3.8, 4) is 0 Å². The maximum absolute atomic E-state index is 13.2. The first kappa shape index (κ1) is 31.0. The third-order valence-corrected chi connectivity index (χ3v) is 5.88. The average Bonchev–Trinajstić information content (AvgIpc) is 2.91. The second-order valence-corrected chi connectivity index (χ2v) is 8.95. The maximum Gasteiger partial charge on any atom is 0.328 e. The van der Waals surface area contributed by atoms with Crippen LogP contribution in [0.3, 0.4) is 0 Å². The molecule has 2 atom stereocenters. The zero-order chi connectivity index (χ0) is 28.6. The normalized spacial score (nSPS) is 12.1. The lowest BCUT2D eigenvalue weighted by Crippen LogP contribution is -2.53. The molecule has 0 fully saturated rings. The molecule has 0 aliphatic carbocycles. The number of nitrogens with one attached hydrogen (secondary N) is 3. The van der Waals surface area contributed by atoms with Gasteiger partial charge in [0.25, 0.3) is 0 Å². The van der Waals surface area contributed by atoms with Crippen molar-refractivity contribution in [2.45, 2.75) is 64.5 Å². The maximum atomic E-state index is 13.2. The van der Waals surface area contributed by atoms with Crippen molar-refractivity contribution in [1.82, 2.24) is 10.6 Å². The number of unbranched alkanes of at least 4 members (excludes halogenated alkanes) is 1. The Morgan fingerprint density at radius 3 is 2.13 bits per heavy atom. The fourth-order valence-electron chi connectivity index (χ4n) is 3.89. The van der Waals surface area contributed by atoms with Gasteiger partial charge in [-0.15, -0.1) is 0 Å². The smallest absolute Gasteiger partial charge is 0.328 e. The molecule has 10 heteroatoms. The van der Waals surface area contributed by atoms with Crippen LogP contribution in [0.15, 0.2) is 54.6 Å². The standard InChI is InChI=1S/C29H38N4O6/c1-3-38-26(35)19-23(28(36)33-24(29(37)39-4-2)18-21-11-6-5-7-12-21)32-25(34)13-9-8-10-20-14-16-22(17-15-20)27(30)31/h5-7,11-12,14-17,23-24H,3-4,8-10,13,18-19H2,1-2H3,(H3,30,31)(H,32,34)(H,33,36)/t23-,24-/m0/s1. The lowest BCUT2D eigenvalue weighted by Gasteiger charge is -2.22. The van der Waals surface area contributed by atoms with E-state index >= 15 is 0 Å². The van der Waals surface area contributed by atoms with Gasteiger partial charge in [-0.05, 0) is 44.2 Å². The first-order valence-electron chi connectivity index (χ1n) is 13.1. The molecule has 10 nitrogen and oxygen atoms in total. The van der Waals surface area contributed by atoms with E-state index in [-0.39, 0.29) is 44.2 Å². The summed E-state index contributed by atoms with van der Waals surface area (Å²) in [5.41, 5.74) is 8.00. The van der Waals surface area contributed by atoms with Crippen LogP contribution in [0.25, 0.3) is 0 Å². The van der Waals surface area contributed by atoms with Crippen LogP contribution in [-0.2, 0) is 41.5 Å². The summed E-state index contributed by atoms with van der Waals surface area (Å²) in [4.78, 5) is 50.6. The number of amidine groups is 1. The molecule has 0 unspecified atom stereocenters. The fourth-order valence-corrected chi connectivity index (χ4v) is 3.89. The summed E-state index contributed by atoms with van der Waals surface area (Å²) < 4.78 is 10.1. The highest BCUT2D eigenvalue weighted by atomic mass is 16.5. The molecule has 2 rings (SSSR count). The minimum Gasteiger partial charge on any atom is -0.466 e. The number of amides is 2. The summed E-state index contributed by atoms with van der Waals surface area (Å²) in [5, 5.41) is 12.7. The van der Waals surface area contributed by atoms with E-state index in [0.717, 1.165) is 24.0 Å². The molecule has 0 aliphatic heterocycles. The highest BCUT2D eigenvalue weighted by Crippen LogP contribution is 2.10. The first-order chi connectivity index (χ1) is 18.7. The molecule has 0 radical (unpaired) electrons. The van der Waals surface area contributed by atoms with Crippen LogP contribution in [0, 0.1) is 5.41 Å². The highest BCUT2D eigenvalue weighted by Gasteiger charge is 2.29. The second kappa shape index (κ2) is 16.6. The van der Waals surface area contributed by atoms with E-state index in [2.05, 4.69) is 10.6 Å². The van der Waals surface area contributed by atoms with E-state index in [1.807, 2.05) is 42.5 Å². The van der Waals surface area contributed by atoms with Gasteiger partial charge in [0.05, 0.1) is 19.6 Å². The van der Waals surface area contributed by atoms with Crippen molar-refractivity contribution >= 4 is 29.6 Å². The number of carbonyl (C=O) groups excluding carboxylic acids is 4. The summed E-state index contributed by atoms with van der Waals surface area (Å²) >= 11 is 0. The molecule has 0 aromatic heterocycles. The zero-order valence-corrected chi connectivity index (χ0v) is 22.5. The largest absolute Gasteiger partial charge is 0.466 e. The second-order valence-electron chi connectivity index (χ2n) is 8.95. The summed E-state index contributed by atoms with van der Waals surface area (Å²) in [6.45, 7) is 3.60. The molecule has 0 heterocycles. The van der Waals surface area contributed by atoms with E-state index in [4.69, 9.17) is 20.6 Å². The highest BCUT2D eigenvalue weighted by molar-refractivity contribution is 5.95. The van der Waals surface area contributed by atoms with Gasteiger partial charge < -0.3 is 25.8 Å². The van der Waals surface area contributed by atoms with Crippen molar-refractivity contribution < 1.29 is 28.7 Å². The van der Waals surface area contributed by atoms with Crippen molar-refractivity contribution in [1.29, 1.82) is 5.41 Å². The van der Waals surface area contributed by atoms with Crippen LogP contribution in [0.1, 0.15) is 56.2 Å². The predicted molar refractivity (Wildman–Crippen MR) is 147 cm³/mol. The van der Waals surface area contributed by atoms with Crippen molar-refractivity contribution in [2.75, 3.05) is 13.2 Å². The minimum atomic E-state index is -1.21. The van der Waals surface area contributed by atoms with Gasteiger partial charge in [0.1, 0.15) is 17.9 Å². The van der Waals surface area contributed by atoms with E-state index < -0.39 is 29.9 Å². The molecule has 2 aromatic carbocycles. The number of rotatable bonds is 16. The Morgan fingerprint density at radius 2 is 1.51 bits per heavy atom. The summed E-state index contributed by atoms with van der Waals surface area (Å²) in [6.07, 6.45) is 2.01. The Labute approximate surface area is 229 Å². The van der Waals surface area contributed by atoms with E-state index in [1.54, 1.807) is 26.0 Å².